The maximum Gasteiger partial charge on any atom is 0.247 e. The van der Waals surface area contributed by atoms with E-state index in [9.17, 15) is 9.59 Å². The minimum Gasteiger partial charge on any atom is -0.319 e. The molecular formula is C12H20N2O2. The highest BCUT2D eigenvalue weighted by atomic mass is 16.2. The number of nitrogens with zero attached hydrogens (tertiary/aromatic N) is 2. The number of carbonyl (C=O) groups is 2. The van der Waals surface area contributed by atoms with Crippen molar-refractivity contribution < 1.29 is 9.59 Å². The Balaban J connectivity index is 4.88. The van der Waals surface area contributed by atoms with Crippen molar-refractivity contribution in [2.24, 2.45) is 0 Å². The molecule has 0 saturated heterocycles. The highest BCUT2D eigenvalue weighted by Gasteiger charge is 2.23. The summed E-state index contributed by atoms with van der Waals surface area (Å²) in [6, 6.07) is 0. The third-order valence-corrected chi connectivity index (χ3v) is 2.50. The van der Waals surface area contributed by atoms with E-state index in [1.807, 2.05) is 20.8 Å². The van der Waals surface area contributed by atoms with Gasteiger partial charge in [-0.15, -0.1) is 0 Å². The lowest BCUT2D eigenvalue weighted by Crippen LogP contribution is -2.50. The van der Waals surface area contributed by atoms with E-state index >= 15 is 0 Å². The molecule has 0 aliphatic rings. The van der Waals surface area contributed by atoms with E-state index in [2.05, 4.69) is 13.2 Å². The predicted octanol–water partition coefficient (Wildman–Crippen LogP) is 1.40. The average molecular weight is 224 g/mol. The summed E-state index contributed by atoms with van der Waals surface area (Å²) in [4.78, 5) is 26.3. The Morgan fingerprint density at radius 3 is 1.56 bits per heavy atom. The monoisotopic (exact) mass is 224 g/mol. The van der Waals surface area contributed by atoms with Gasteiger partial charge in [-0.05, 0) is 32.9 Å². The molecule has 2 amide bonds. The van der Waals surface area contributed by atoms with Crippen molar-refractivity contribution >= 4 is 11.8 Å². The van der Waals surface area contributed by atoms with Crippen molar-refractivity contribution in [3.05, 3.63) is 25.3 Å². The van der Waals surface area contributed by atoms with Crippen LogP contribution in [0.1, 0.15) is 20.8 Å². The summed E-state index contributed by atoms with van der Waals surface area (Å²) < 4.78 is 0. The number of amides is 2. The number of carbonyl (C=O) groups excluding carboxylic acids is 2. The van der Waals surface area contributed by atoms with E-state index in [1.165, 1.54) is 12.2 Å². The molecule has 0 heterocycles. The first-order valence-electron chi connectivity index (χ1n) is 5.39. The highest BCUT2D eigenvalue weighted by Crippen LogP contribution is 2.07. The Labute approximate surface area is 97.2 Å². The number of hydrogen-bond acceptors (Lipinski definition) is 2. The van der Waals surface area contributed by atoms with Crippen molar-refractivity contribution in [1.29, 1.82) is 0 Å². The van der Waals surface area contributed by atoms with Gasteiger partial charge in [0.05, 0.1) is 0 Å². The van der Waals surface area contributed by atoms with Crippen LogP contribution in [0.25, 0.3) is 0 Å². The molecule has 0 unspecified atom stereocenters. The summed E-state index contributed by atoms with van der Waals surface area (Å²) in [5, 5.41) is 0. The molecule has 0 fully saturated rings. The second kappa shape index (κ2) is 6.82. The molecule has 0 saturated carbocycles. The lowest BCUT2D eigenvalue weighted by atomic mass is 10.3. The zero-order valence-electron chi connectivity index (χ0n) is 10.3. The molecule has 0 aliphatic heterocycles. The Morgan fingerprint density at radius 1 is 1.06 bits per heavy atom. The highest BCUT2D eigenvalue weighted by molar-refractivity contribution is 5.89. The molecule has 0 radical (unpaired) electrons. The maximum atomic E-state index is 11.6. The first-order valence-corrected chi connectivity index (χ1v) is 5.39. The Hall–Kier alpha value is -1.58. The minimum absolute atomic E-state index is 0.176. The van der Waals surface area contributed by atoms with Crippen LogP contribution in [0.3, 0.4) is 0 Å². The normalized spacial score (nSPS) is 9.75. The summed E-state index contributed by atoms with van der Waals surface area (Å²) in [6.07, 6.45) is 2.23. The summed E-state index contributed by atoms with van der Waals surface area (Å²) in [6.45, 7) is 13.5. The number of hydrogen-bond donors (Lipinski definition) is 0. The van der Waals surface area contributed by atoms with Crippen molar-refractivity contribution in [1.82, 2.24) is 9.80 Å². The van der Waals surface area contributed by atoms with Gasteiger partial charge in [0.25, 0.3) is 0 Å². The van der Waals surface area contributed by atoms with Crippen LogP contribution in [0, 0.1) is 0 Å². The van der Waals surface area contributed by atoms with E-state index in [1.54, 1.807) is 9.80 Å². The van der Waals surface area contributed by atoms with E-state index in [-0.39, 0.29) is 18.0 Å². The molecule has 4 nitrogen and oxygen atoms in total. The standard InChI is InChI=1S/C12H20N2O2/c1-6-11(15)13(8-3)10(5)14(9-4)12(16)7-2/h6-7,10H,1-2,8-9H2,3-5H3. The fraction of sp³-hybridized carbons (Fsp3) is 0.500. The molecule has 0 atom stereocenters. The average Bonchev–Trinajstić information content (AvgIpc) is 2.30. The van der Waals surface area contributed by atoms with Crippen LogP contribution in [-0.2, 0) is 9.59 Å². The van der Waals surface area contributed by atoms with Gasteiger partial charge in [0.15, 0.2) is 0 Å². The topological polar surface area (TPSA) is 40.6 Å². The van der Waals surface area contributed by atoms with E-state index < -0.39 is 0 Å². The molecular weight excluding hydrogens is 204 g/mol. The molecule has 0 spiro atoms. The predicted molar refractivity (Wildman–Crippen MR) is 64.6 cm³/mol. The summed E-state index contributed by atoms with van der Waals surface area (Å²) >= 11 is 0. The van der Waals surface area contributed by atoms with Gasteiger partial charge in [-0.25, -0.2) is 0 Å². The molecule has 0 bridgehead atoms. The molecule has 0 aromatic heterocycles. The van der Waals surface area contributed by atoms with Gasteiger partial charge in [0, 0.05) is 13.1 Å². The molecule has 0 aromatic rings. The van der Waals surface area contributed by atoms with Crippen LogP contribution >= 0.6 is 0 Å². The fourth-order valence-electron chi connectivity index (χ4n) is 1.61. The van der Waals surface area contributed by atoms with Crippen molar-refractivity contribution in [2.75, 3.05) is 13.1 Å². The SMILES string of the molecule is C=CC(=O)N(CC)C(C)N(CC)C(=O)C=C. The molecule has 90 valence electrons. The molecule has 0 aromatic carbocycles. The van der Waals surface area contributed by atoms with Gasteiger partial charge < -0.3 is 9.80 Å². The largest absolute Gasteiger partial charge is 0.319 e. The van der Waals surface area contributed by atoms with Gasteiger partial charge in [0.1, 0.15) is 6.17 Å². The zero-order chi connectivity index (χ0) is 12.7. The third kappa shape index (κ3) is 3.22. The number of likely N-dealkylation sites (N-methyl/N-ethyl adjacent to an activating group) is 2. The van der Waals surface area contributed by atoms with Crippen LogP contribution in [0.15, 0.2) is 25.3 Å². The van der Waals surface area contributed by atoms with Gasteiger partial charge >= 0.3 is 0 Å². The molecule has 16 heavy (non-hydrogen) atoms. The molecule has 0 rings (SSSR count). The van der Waals surface area contributed by atoms with E-state index in [0.29, 0.717) is 13.1 Å². The lowest BCUT2D eigenvalue weighted by Gasteiger charge is -2.35. The van der Waals surface area contributed by atoms with Gasteiger partial charge in [-0.3, -0.25) is 9.59 Å². The second-order valence-electron chi connectivity index (χ2n) is 3.29. The summed E-state index contributed by atoms with van der Waals surface area (Å²) in [5.74, 6) is -0.351. The molecule has 0 aliphatic carbocycles. The first-order chi connectivity index (χ1) is 7.53. The van der Waals surface area contributed by atoms with Crippen LogP contribution in [0.5, 0.6) is 0 Å². The van der Waals surface area contributed by atoms with Crippen molar-refractivity contribution in [3.8, 4) is 0 Å². The number of rotatable bonds is 6. The zero-order valence-corrected chi connectivity index (χ0v) is 10.3. The summed E-state index contributed by atoms with van der Waals surface area (Å²) in [5.41, 5.74) is 0. The van der Waals surface area contributed by atoms with Crippen LogP contribution in [0.2, 0.25) is 0 Å². The van der Waals surface area contributed by atoms with Crippen LogP contribution in [0.4, 0.5) is 0 Å². The van der Waals surface area contributed by atoms with Crippen LogP contribution < -0.4 is 0 Å². The van der Waals surface area contributed by atoms with E-state index in [4.69, 9.17) is 0 Å². The fourth-order valence-corrected chi connectivity index (χ4v) is 1.61. The third-order valence-electron chi connectivity index (χ3n) is 2.50. The van der Waals surface area contributed by atoms with Gasteiger partial charge in [-0.1, -0.05) is 13.2 Å². The maximum absolute atomic E-state index is 11.6. The van der Waals surface area contributed by atoms with Crippen molar-refractivity contribution in [2.45, 2.75) is 26.9 Å². The molecule has 4 heteroatoms. The van der Waals surface area contributed by atoms with E-state index in [0.717, 1.165) is 0 Å². The first kappa shape index (κ1) is 14.4. The van der Waals surface area contributed by atoms with Gasteiger partial charge in [-0.2, -0.15) is 0 Å². The van der Waals surface area contributed by atoms with Crippen LogP contribution in [-0.4, -0.2) is 40.9 Å². The molecule has 0 N–H and O–H groups in total. The summed E-state index contributed by atoms with van der Waals surface area (Å²) in [7, 11) is 0. The Morgan fingerprint density at radius 2 is 1.38 bits per heavy atom. The second-order valence-corrected chi connectivity index (χ2v) is 3.29. The lowest BCUT2D eigenvalue weighted by molar-refractivity contribution is -0.138. The Bertz CT molecular complexity index is 259. The Kier molecular flexibility index (Phi) is 6.15. The van der Waals surface area contributed by atoms with Crippen molar-refractivity contribution in [3.63, 3.8) is 0 Å². The van der Waals surface area contributed by atoms with Gasteiger partial charge in [0.2, 0.25) is 11.8 Å². The smallest absolute Gasteiger partial charge is 0.247 e. The quantitative estimate of drug-likeness (QED) is 0.505. The minimum atomic E-state index is -0.286.